The van der Waals surface area contributed by atoms with Gasteiger partial charge in [-0.3, -0.25) is 4.79 Å². The van der Waals surface area contributed by atoms with Crippen molar-refractivity contribution in [3.8, 4) is 0 Å². The van der Waals surface area contributed by atoms with E-state index in [-0.39, 0.29) is 12.0 Å². The first-order chi connectivity index (χ1) is 8.33. The van der Waals surface area contributed by atoms with Crippen LogP contribution >= 0.6 is 0 Å². The first kappa shape index (κ1) is 14.8. The van der Waals surface area contributed by atoms with Crippen LogP contribution in [0.2, 0.25) is 0 Å². The van der Waals surface area contributed by atoms with Gasteiger partial charge in [-0.25, -0.2) is 4.79 Å². The Labute approximate surface area is 108 Å². The van der Waals surface area contributed by atoms with Crippen LogP contribution in [0.4, 0.5) is 4.79 Å². The molecular formula is C12H23N3O3. The van der Waals surface area contributed by atoms with Crippen molar-refractivity contribution in [2.24, 2.45) is 5.73 Å². The van der Waals surface area contributed by atoms with Crippen molar-refractivity contribution in [1.29, 1.82) is 0 Å². The van der Waals surface area contributed by atoms with Gasteiger partial charge in [-0.05, 0) is 20.8 Å². The van der Waals surface area contributed by atoms with Gasteiger partial charge < -0.3 is 20.3 Å². The highest BCUT2D eigenvalue weighted by molar-refractivity contribution is 5.77. The average Bonchev–Trinajstić information content (AvgIpc) is 2.27. The predicted octanol–water partition coefficient (Wildman–Crippen LogP) is 0.415. The quantitative estimate of drug-likeness (QED) is 0.794. The summed E-state index contributed by atoms with van der Waals surface area (Å²) in [6, 6.07) is 0. The Bertz CT molecular complexity index is 304. The first-order valence-corrected chi connectivity index (χ1v) is 6.32. The number of rotatable bonds is 3. The minimum absolute atomic E-state index is 0.0472. The fourth-order valence-electron chi connectivity index (χ4n) is 1.85. The van der Waals surface area contributed by atoms with Gasteiger partial charge in [0.25, 0.3) is 0 Å². The highest BCUT2D eigenvalue weighted by atomic mass is 16.6. The fourth-order valence-corrected chi connectivity index (χ4v) is 1.85. The third kappa shape index (κ3) is 4.52. The van der Waals surface area contributed by atoms with Crippen LogP contribution < -0.4 is 5.73 Å². The fraction of sp³-hybridized carbons (Fsp3) is 0.833. The van der Waals surface area contributed by atoms with Gasteiger partial charge in [0.05, 0.1) is 6.61 Å². The van der Waals surface area contributed by atoms with Crippen LogP contribution in [0.15, 0.2) is 0 Å². The van der Waals surface area contributed by atoms with E-state index in [4.69, 9.17) is 10.5 Å². The lowest BCUT2D eigenvalue weighted by Crippen LogP contribution is -2.52. The van der Waals surface area contributed by atoms with Crippen molar-refractivity contribution < 1.29 is 14.3 Å². The molecule has 2 amide bonds. The third-order valence-corrected chi connectivity index (χ3v) is 2.77. The van der Waals surface area contributed by atoms with Crippen LogP contribution in [-0.4, -0.2) is 60.1 Å². The molecule has 1 fully saturated rings. The molecule has 0 spiro atoms. The van der Waals surface area contributed by atoms with E-state index < -0.39 is 5.54 Å². The molecule has 18 heavy (non-hydrogen) atoms. The summed E-state index contributed by atoms with van der Waals surface area (Å²) in [6.07, 6.45) is 0.0237. The highest BCUT2D eigenvalue weighted by Gasteiger charge is 2.27. The Hall–Kier alpha value is -1.30. The average molecular weight is 257 g/mol. The minimum Gasteiger partial charge on any atom is -0.450 e. The summed E-state index contributed by atoms with van der Waals surface area (Å²) < 4.78 is 4.92. The number of carbonyl (C=O) groups excluding carboxylic acids is 2. The molecule has 0 unspecified atom stereocenters. The summed E-state index contributed by atoms with van der Waals surface area (Å²) in [5, 5.41) is 0. The molecule has 1 heterocycles. The standard InChI is InChI=1S/C12H23N3O3/c1-4-18-11(17)15-7-5-14(6-8-15)10(16)9-12(2,3)13/h4-9,13H2,1-3H3. The van der Waals surface area contributed by atoms with Crippen LogP contribution in [0.3, 0.4) is 0 Å². The second-order valence-electron chi connectivity index (χ2n) is 5.23. The number of nitrogens with two attached hydrogens (primary N) is 1. The van der Waals surface area contributed by atoms with Crippen molar-refractivity contribution in [3.63, 3.8) is 0 Å². The molecule has 6 nitrogen and oxygen atoms in total. The van der Waals surface area contributed by atoms with E-state index in [0.29, 0.717) is 39.2 Å². The van der Waals surface area contributed by atoms with E-state index in [9.17, 15) is 9.59 Å². The summed E-state index contributed by atoms with van der Waals surface area (Å²) in [5.41, 5.74) is 5.34. The van der Waals surface area contributed by atoms with Gasteiger partial charge in [0.1, 0.15) is 0 Å². The zero-order valence-electron chi connectivity index (χ0n) is 11.4. The molecule has 1 aliphatic heterocycles. The van der Waals surface area contributed by atoms with Gasteiger partial charge in [-0.15, -0.1) is 0 Å². The molecular weight excluding hydrogens is 234 g/mol. The summed E-state index contributed by atoms with van der Waals surface area (Å²) >= 11 is 0. The summed E-state index contributed by atoms with van der Waals surface area (Å²) in [6.45, 7) is 7.96. The number of carbonyl (C=O) groups is 2. The monoisotopic (exact) mass is 257 g/mol. The predicted molar refractivity (Wildman–Crippen MR) is 68.1 cm³/mol. The maximum atomic E-state index is 11.9. The van der Waals surface area contributed by atoms with Crippen LogP contribution in [-0.2, 0) is 9.53 Å². The van der Waals surface area contributed by atoms with E-state index in [1.807, 2.05) is 13.8 Å². The van der Waals surface area contributed by atoms with Gasteiger partial charge in [-0.1, -0.05) is 0 Å². The van der Waals surface area contributed by atoms with E-state index in [1.165, 1.54) is 0 Å². The zero-order chi connectivity index (χ0) is 13.8. The maximum Gasteiger partial charge on any atom is 0.409 e. The van der Waals surface area contributed by atoms with Gasteiger partial charge in [0, 0.05) is 38.1 Å². The number of ether oxygens (including phenoxy) is 1. The Morgan fingerprint density at radius 2 is 1.67 bits per heavy atom. The molecule has 0 bridgehead atoms. The molecule has 1 rings (SSSR count). The number of nitrogens with zero attached hydrogens (tertiary/aromatic N) is 2. The second-order valence-corrected chi connectivity index (χ2v) is 5.23. The molecule has 0 saturated carbocycles. The number of amides is 2. The molecule has 6 heteroatoms. The number of hydrogen-bond acceptors (Lipinski definition) is 4. The molecule has 0 aliphatic carbocycles. The van der Waals surface area contributed by atoms with Crippen molar-refractivity contribution in [2.75, 3.05) is 32.8 Å². The minimum atomic E-state index is -0.491. The zero-order valence-corrected chi connectivity index (χ0v) is 11.4. The van der Waals surface area contributed by atoms with E-state index >= 15 is 0 Å². The van der Waals surface area contributed by atoms with Gasteiger partial charge in [-0.2, -0.15) is 0 Å². The topological polar surface area (TPSA) is 75.9 Å². The van der Waals surface area contributed by atoms with E-state index in [0.717, 1.165) is 0 Å². The van der Waals surface area contributed by atoms with E-state index in [2.05, 4.69) is 0 Å². The number of piperazine rings is 1. The van der Waals surface area contributed by atoms with Gasteiger partial charge >= 0.3 is 6.09 Å². The largest absolute Gasteiger partial charge is 0.450 e. The highest BCUT2D eigenvalue weighted by Crippen LogP contribution is 2.10. The lowest BCUT2D eigenvalue weighted by molar-refractivity contribution is -0.133. The SMILES string of the molecule is CCOC(=O)N1CCN(C(=O)CC(C)(C)N)CC1. The Morgan fingerprint density at radius 3 is 2.11 bits per heavy atom. The molecule has 0 atom stereocenters. The van der Waals surface area contributed by atoms with Crippen LogP contribution in [0.5, 0.6) is 0 Å². The van der Waals surface area contributed by atoms with Crippen molar-refractivity contribution in [2.45, 2.75) is 32.7 Å². The maximum absolute atomic E-state index is 11.9. The first-order valence-electron chi connectivity index (χ1n) is 6.32. The summed E-state index contributed by atoms with van der Waals surface area (Å²) in [4.78, 5) is 26.8. The smallest absolute Gasteiger partial charge is 0.409 e. The van der Waals surface area contributed by atoms with Crippen LogP contribution in [0.25, 0.3) is 0 Å². The Kier molecular flexibility index (Phi) is 4.95. The molecule has 0 aromatic rings. The normalized spacial score (nSPS) is 16.7. The molecule has 2 N–H and O–H groups in total. The second kappa shape index (κ2) is 6.04. The third-order valence-electron chi connectivity index (χ3n) is 2.77. The summed E-state index contributed by atoms with van der Waals surface area (Å²) in [7, 11) is 0. The molecule has 0 aromatic carbocycles. The Morgan fingerprint density at radius 1 is 1.17 bits per heavy atom. The molecule has 0 aromatic heterocycles. The lowest BCUT2D eigenvalue weighted by Gasteiger charge is -2.35. The van der Waals surface area contributed by atoms with E-state index in [1.54, 1.807) is 16.7 Å². The van der Waals surface area contributed by atoms with Gasteiger partial charge in [0.2, 0.25) is 5.91 Å². The molecule has 0 radical (unpaired) electrons. The van der Waals surface area contributed by atoms with Crippen LogP contribution in [0.1, 0.15) is 27.2 Å². The lowest BCUT2D eigenvalue weighted by atomic mass is 10.0. The Balaban J connectivity index is 2.39. The summed E-state index contributed by atoms with van der Waals surface area (Å²) in [5.74, 6) is 0.0472. The van der Waals surface area contributed by atoms with Crippen molar-refractivity contribution in [1.82, 2.24) is 9.80 Å². The molecule has 1 aliphatic rings. The van der Waals surface area contributed by atoms with Crippen molar-refractivity contribution in [3.05, 3.63) is 0 Å². The molecule has 104 valence electrons. The van der Waals surface area contributed by atoms with Crippen molar-refractivity contribution >= 4 is 12.0 Å². The van der Waals surface area contributed by atoms with Crippen LogP contribution in [0, 0.1) is 0 Å². The molecule has 1 saturated heterocycles. The number of hydrogen-bond donors (Lipinski definition) is 1. The van der Waals surface area contributed by atoms with Gasteiger partial charge in [0.15, 0.2) is 0 Å².